The van der Waals surface area contributed by atoms with Crippen molar-refractivity contribution in [3.05, 3.63) is 34.6 Å². The summed E-state index contributed by atoms with van der Waals surface area (Å²) in [6.45, 7) is 4.92. The van der Waals surface area contributed by atoms with Gasteiger partial charge in [0.25, 0.3) is 5.91 Å². The molecule has 7 heteroatoms. The van der Waals surface area contributed by atoms with Gasteiger partial charge in [0.15, 0.2) is 5.82 Å². The fourth-order valence-electron chi connectivity index (χ4n) is 2.48. The van der Waals surface area contributed by atoms with Gasteiger partial charge in [-0.15, -0.1) is 10.2 Å². The van der Waals surface area contributed by atoms with Crippen LogP contribution in [0.5, 0.6) is 0 Å². The predicted molar refractivity (Wildman–Crippen MR) is 77.2 cm³/mol. The Morgan fingerprint density at radius 3 is 3.10 bits per heavy atom. The second kappa shape index (κ2) is 5.40. The van der Waals surface area contributed by atoms with Gasteiger partial charge in [0.1, 0.15) is 12.0 Å². The van der Waals surface area contributed by atoms with Crippen LogP contribution in [0.3, 0.4) is 0 Å². The van der Waals surface area contributed by atoms with Crippen LogP contribution in [-0.2, 0) is 19.6 Å². The fraction of sp³-hybridized carbons (Fsp3) is 0.462. The van der Waals surface area contributed by atoms with Crippen molar-refractivity contribution in [1.29, 1.82) is 0 Å². The lowest BCUT2D eigenvalue weighted by molar-refractivity contribution is 0.0696. The van der Waals surface area contributed by atoms with Crippen LogP contribution in [0.25, 0.3) is 0 Å². The van der Waals surface area contributed by atoms with Crippen LogP contribution in [-0.4, -0.2) is 36.7 Å². The quantitative estimate of drug-likeness (QED) is 0.859. The maximum Gasteiger partial charge on any atom is 0.270 e. The van der Waals surface area contributed by atoms with E-state index < -0.39 is 0 Å². The molecule has 0 saturated heterocycles. The molecule has 1 aliphatic heterocycles. The molecule has 0 unspecified atom stereocenters. The van der Waals surface area contributed by atoms with Crippen LogP contribution < -0.4 is 0 Å². The second-order valence-corrected chi connectivity index (χ2v) is 5.82. The molecule has 0 atom stereocenters. The van der Waals surface area contributed by atoms with Crippen molar-refractivity contribution in [1.82, 2.24) is 24.2 Å². The van der Waals surface area contributed by atoms with Crippen LogP contribution in [0, 0.1) is 0 Å². The molecule has 0 bridgehead atoms. The van der Waals surface area contributed by atoms with Gasteiger partial charge in [-0.3, -0.25) is 4.79 Å². The molecule has 0 aliphatic carbocycles. The molecule has 0 spiro atoms. The largest absolute Gasteiger partial charge is 0.342 e. The highest BCUT2D eigenvalue weighted by Gasteiger charge is 2.25. The van der Waals surface area contributed by atoms with E-state index in [4.69, 9.17) is 0 Å². The number of carbonyl (C=O) groups is 1. The van der Waals surface area contributed by atoms with Crippen molar-refractivity contribution < 1.29 is 4.79 Å². The summed E-state index contributed by atoms with van der Waals surface area (Å²) in [6, 6.07) is 1.89. The minimum Gasteiger partial charge on any atom is -0.342 e. The normalized spacial score (nSPS) is 14.4. The van der Waals surface area contributed by atoms with Gasteiger partial charge < -0.3 is 14.0 Å². The number of aromatic nitrogens is 4. The first kappa shape index (κ1) is 13.4. The highest BCUT2D eigenvalue weighted by atomic mass is 79.9. The lowest BCUT2D eigenvalue weighted by Crippen LogP contribution is -2.39. The molecule has 1 amide bonds. The SMILES string of the molecule is CCCn1cc(Br)cc1C(=O)N1CCn2cnnc2C1. The average Bonchev–Trinajstić information content (AvgIpc) is 3.04. The molecule has 0 fully saturated rings. The first-order valence-electron chi connectivity index (χ1n) is 6.70. The van der Waals surface area contributed by atoms with Gasteiger partial charge in [0.2, 0.25) is 0 Å². The molecule has 2 aromatic heterocycles. The topological polar surface area (TPSA) is 56.0 Å². The van der Waals surface area contributed by atoms with Gasteiger partial charge in [0, 0.05) is 30.3 Å². The van der Waals surface area contributed by atoms with Crippen LogP contribution in [0.1, 0.15) is 29.7 Å². The van der Waals surface area contributed by atoms with Crippen molar-refractivity contribution in [2.75, 3.05) is 6.54 Å². The molecule has 2 aromatic rings. The average molecular weight is 338 g/mol. The van der Waals surface area contributed by atoms with E-state index in [1.54, 1.807) is 6.33 Å². The van der Waals surface area contributed by atoms with E-state index in [0.717, 1.165) is 35.5 Å². The highest BCUT2D eigenvalue weighted by molar-refractivity contribution is 9.10. The van der Waals surface area contributed by atoms with Crippen LogP contribution in [0.2, 0.25) is 0 Å². The van der Waals surface area contributed by atoms with Crippen molar-refractivity contribution in [2.24, 2.45) is 0 Å². The number of hydrogen-bond donors (Lipinski definition) is 0. The molecular formula is C13H16BrN5O. The summed E-state index contributed by atoms with van der Waals surface area (Å²) in [7, 11) is 0. The molecule has 20 heavy (non-hydrogen) atoms. The van der Waals surface area contributed by atoms with Crippen LogP contribution in [0.15, 0.2) is 23.1 Å². The number of amides is 1. The van der Waals surface area contributed by atoms with Crippen molar-refractivity contribution in [2.45, 2.75) is 33.0 Å². The van der Waals surface area contributed by atoms with Gasteiger partial charge in [-0.25, -0.2) is 0 Å². The van der Waals surface area contributed by atoms with E-state index in [0.29, 0.717) is 13.1 Å². The van der Waals surface area contributed by atoms with Gasteiger partial charge in [-0.1, -0.05) is 6.92 Å². The smallest absolute Gasteiger partial charge is 0.270 e. The van der Waals surface area contributed by atoms with Crippen molar-refractivity contribution in [3.8, 4) is 0 Å². The summed E-state index contributed by atoms with van der Waals surface area (Å²) >= 11 is 3.45. The van der Waals surface area contributed by atoms with Gasteiger partial charge >= 0.3 is 0 Å². The Kier molecular flexibility index (Phi) is 3.60. The standard InChI is InChI=1S/C13H16BrN5O/c1-2-3-17-7-10(14)6-11(17)13(20)18-4-5-19-9-15-16-12(19)8-18/h6-7,9H,2-5,8H2,1H3. The summed E-state index contributed by atoms with van der Waals surface area (Å²) in [6.07, 6.45) is 4.67. The Balaban J connectivity index is 1.83. The fourth-order valence-corrected chi connectivity index (χ4v) is 2.95. The third-order valence-corrected chi connectivity index (χ3v) is 3.91. The monoisotopic (exact) mass is 337 g/mol. The lowest BCUT2D eigenvalue weighted by Gasteiger charge is -2.27. The summed E-state index contributed by atoms with van der Waals surface area (Å²) < 4.78 is 4.94. The zero-order valence-electron chi connectivity index (χ0n) is 11.3. The Morgan fingerprint density at radius 2 is 2.30 bits per heavy atom. The second-order valence-electron chi connectivity index (χ2n) is 4.90. The molecule has 6 nitrogen and oxygen atoms in total. The molecule has 0 saturated carbocycles. The van der Waals surface area contributed by atoms with Gasteiger partial charge in [-0.05, 0) is 28.4 Å². The molecule has 0 aromatic carbocycles. The van der Waals surface area contributed by atoms with E-state index in [2.05, 4.69) is 33.1 Å². The van der Waals surface area contributed by atoms with Gasteiger partial charge in [-0.2, -0.15) is 0 Å². The summed E-state index contributed by atoms with van der Waals surface area (Å²) in [5.74, 6) is 0.899. The number of hydrogen-bond acceptors (Lipinski definition) is 3. The Labute approximate surface area is 125 Å². The minimum absolute atomic E-state index is 0.0541. The third kappa shape index (κ3) is 2.37. The maximum absolute atomic E-state index is 12.7. The van der Waals surface area contributed by atoms with Gasteiger partial charge in [0.05, 0.1) is 6.54 Å². The number of fused-ring (bicyclic) bond motifs is 1. The van der Waals surface area contributed by atoms with E-state index in [9.17, 15) is 4.79 Å². The molecule has 1 aliphatic rings. The van der Waals surface area contributed by atoms with E-state index >= 15 is 0 Å². The summed E-state index contributed by atoms with van der Waals surface area (Å²) in [4.78, 5) is 14.5. The van der Waals surface area contributed by atoms with E-state index in [-0.39, 0.29) is 5.91 Å². The Morgan fingerprint density at radius 1 is 1.45 bits per heavy atom. The summed E-state index contributed by atoms with van der Waals surface area (Å²) in [5.41, 5.74) is 0.728. The first-order valence-corrected chi connectivity index (χ1v) is 7.50. The molecular weight excluding hydrogens is 322 g/mol. The zero-order chi connectivity index (χ0) is 14.1. The zero-order valence-corrected chi connectivity index (χ0v) is 12.9. The number of rotatable bonds is 3. The van der Waals surface area contributed by atoms with E-state index in [1.165, 1.54) is 0 Å². The number of aryl methyl sites for hydroxylation is 1. The molecule has 3 heterocycles. The molecule has 106 valence electrons. The molecule has 3 rings (SSSR count). The Bertz CT molecular complexity index is 632. The van der Waals surface area contributed by atoms with E-state index in [1.807, 2.05) is 26.3 Å². The number of carbonyl (C=O) groups excluding carboxylic acids is 1. The lowest BCUT2D eigenvalue weighted by atomic mass is 10.3. The predicted octanol–water partition coefficient (Wildman–Crippen LogP) is 1.91. The van der Waals surface area contributed by atoms with Crippen molar-refractivity contribution in [3.63, 3.8) is 0 Å². The third-order valence-electron chi connectivity index (χ3n) is 3.47. The molecule has 0 radical (unpaired) electrons. The Hall–Kier alpha value is -1.63. The highest BCUT2D eigenvalue weighted by Crippen LogP contribution is 2.19. The number of halogens is 1. The first-order chi connectivity index (χ1) is 9.69. The van der Waals surface area contributed by atoms with Crippen LogP contribution in [0.4, 0.5) is 0 Å². The minimum atomic E-state index is 0.0541. The van der Waals surface area contributed by atoms with Crippen molar-refractivity contribution >= 4 is 21.8 Å². The maximum atomic E-state index is 12.7. The molecule has 0 N–H and O–H groups in total. The van der Waals surface area contributed by atoms with Crippen LogP contribution >= 0.6 is 15.9 Å². The number of nitrogens with zero attached hydrogens (tertiary/aromatic N) is 5. The summed E-state index contributed by atoms with van der Waals surface area (Å²) in [5, 5.41) is 7.93.